The van der Waals surface area contributed by atoms with Crippen LogP contribution in [0.4, 0.5) is 8.78 Å². The molecule has 1 amide bonds. The normalized spacial score (nSPS) is 20.2. The van der Waals surface area contributed by atoms with Crippen molar-refractivity contribution in [3.05, 3.63) is 34.4 Å². The molecule has 0 radical (unpaired) electrons. The smallest absolute Gasteiger partial charge is 0.257 e. The Hall–Kier alpha value is -1.20. The van der Waals surface area contributed by atoms with Gasteiger partial charge in [-0.2, -0.15) is 0 Å². The number of carbonyl (C=O) groups is 1. The zero-order valence-electron chi connectivity index (χ0n) is 11.1. The van der Waals surface area contributed by atoms with Gasteiger partial charge in [0.25, 0.3) is 5.91 Å². The molecule has 1 aliphatic heterocycles. The predicted octanol–water partition coefficient (Wildman–Crippen LogP) is 2.99. The van der Waals surface area contributed by atoms with Gasteiger partial charge in [-0.25, -0.2) is 8.78 Å². The Morgan fingerprint density at radius 3 is 2.85 bits per heavy atom. The lowest BCUT2D eigenvalue weighted by Gasteiger charge is -2.26. The highest BCUT2D eigenvalue weighted by molar-refractivity contribution is 6.30. The van der Waals surface area contributed by atoms with E-state index >= 15 is 0 Å². The van der Waals surface area contributed by atoms with Crippen LogP contribution >= 0.6 is 11.6 Å². The summed E-state index contributed by atoms with van der Waals surface area (Å²) in [5.41, 5.74) is -0.315. The summed E-state index contributed by atoms with van der Waals surface area (Å²) in [6, 6.07) is 1.50. The molecule has 2 rings (SSSR count). The van der Waals surface area contributed by atoms with Gasteiger partial charge in [0, 0.05) is 12.6 Å². The summed E-state index contributed by atoms with van der Waals surface area (Å²) >= 11 is 5.47. The Bertz CT molecular complexity index is 522. The van der Waals surface area contributed by atoms with Crippen LogP contribution in [0.25, 0.3) is 0 Å². The van der Waals surface area contributed by atoms with Crippen LogP contribution in [0, 0.1) is 11.6 Å². The van der Waals surface area contributed by atoms with Crippen LogP contribution in [0.1, 0.15) is 36.5 Å². The number of hydrogen-bond acceptors (Lipinski definition) is 2. The number of halogens is 3. The standard InChI is InChI=1S/C14H16ClF2NO2/c1-8(19)5-9-3-2-4-18(9)14(20)10-6-13(17)11(15)7-12(10)16/h6-9,19H,2-5H2,1H3. The first-order valence-corrected chi connectivity index (χ1v) is 6.91. The summed E-state index contributed by atoms with van der Waals surface area (Å²) in [7, 11) is 0. The number of aliphatic hydroxyl groups is 1. The number of nitrogens with zero attached hydrogens (tertiary/aromatic N) is 1. The number of hydrogen-bond donors (Lipinski definition) is 1. The van der Waals surface area contributed by atoms with Crippen LogP contribution in [0.5, 0.6) is 0 Å². The first-order valence-electron chi connectivity index (χ1n) is 6.53. The van der Waals surface area contributed by atoms with Crippen LogP contribution in [0.15, 0.2) is 12.1 Å². The maximum Gasteiger partial charge on any atom is 0.257 e. The van der Waals surface area contributed by atoms with Crippen LogP contribution < -0.4 is 0 Å². The fraction of sp³-hybridized carbons (Fsp3) is 0.500. The molecule has 3 nitrogen and oxygen atoms in total. The summed E-state index contributed by atoms with van der Waals surface area (Å²) < 4.78 is 27.2. The summed E-state index contributed by atoms with van der Waals surface area (Å²) in [6.45, 7) is 2.13. The molecule has 20 heavy (non-hydrogen) atoms. The second kappa shape index (κ2) is 6.06. The van der Waals surface area contributed by atoms with E-state index in [1.807, 2.05) is 0 Å². The molecule has 6 heteroatoms. The van der Waals surface area contributed by atoms with Crippen molar-refractivity contribution < 1.29 is 18.7 Å². The molecule has 1 aliphatic rings. The number of amides is 1. The zero-order chi connectivity index (χ0) is 14.9. The molecular weight excluding hydrogens is 288 g/mol. The molecule has 0 aromatic heterocycles. The third kappa shape index (κ3) is 3.10. The predicted molar refractivity (Wildman–Crippen MR) is 71.7 cm³/mol. The SMILES string of the molecule is CC(O)CC1CCCN1C(=O)c1cc(F)c(Cl)cc1F. The van der Waals surface area contributed by atoms with Gasteiger partial charge < -0.3 is 10.0 Å². The Balaban J connectivity index is 2.24. The Labute approximate surface area is 121 Å². The van der Waals surface area contributed by atoms with Gasteiger partial charge in [-0.1, -0.05) is 11.6 Å². The lowest BCUT2D eigenvalue weighted by molar-refractivity contribution is 0.0677. The van der Waals surface area contributed by atoms with Gasteiger partial charge >= 0.3 is 0 Å². The highest BCUT2D eigenvalue weighted by atomic mass is 35.5. The number of aliphatic hydroxyl groups excluding tert-OH is 1. The molecule has 2 atom stereocenters. The van der Waals surface area contributed by atoms with Crippen molar-refractivity contribution in [3.8, 4) is 0 Å². The quantitative estimate of drug-likeness (QED) is 0.872. The molecule has 2 unspecified atom stereocenters. The fourth-order valence-corrected chi connectivity index (χ4v) is 2.73. The fourth-order valence-electron chi connectivity index (χ4n) is 2.58. The minimum Gasteiger partial charge on any atom is -0.393 e. The van der Waals surface area contributed by atoms with Crippen LogP contribution in [-0.2, 0) is 0 Å². The van der Waals surface area contributed by atoms with Gasteiger partial charge in [0.05, 0.1) is 16.7 Å². The lowest BCUT2D eigenvalue weighted by atomic mass is 10.1. The third-order valence-electron chi connectivity index (χ3n) is 3.49. The molecule has 0 aliphatic carbocycles. The average Bonchev–Trinajstić information content (AvgIpc) is 2.80. The minimum atomic E-state index is -0.830. The van der Waals surface area contributed by atoms with E-state index in [0.717, 1.165) is 25.0 Å². The molecule has 1 fully saturated rings. The maximum atomic E-state index is 13.8. The number of likely N-dealkylation sites (tertiary alicyclic amines) is 1. The second-order valence-electron chi connectivity index (χ2n) is 5.13. The van der Waals surface area contributed by atoms with Gasteiger partial charge in [-0.15, -0.1) is 0 Å². The molecule has 1 heterocycles. The van der Waals surface area contributed by atoms with Crippen molar-refractivity contribution in [2.45, 2.75) is 38.3 Å². The largest absolute Gasteiger partial charge is 0.393 e. The summed E-state index contributed by atoms with van der Waals surface area (Å²) in [6.07, 6.45) is 1.44. The molecule has 1 aromatic rings. The molecule has 0 spiro atoms. The van der Waals surface area contributed by atoms with Gasteiger partial charge in [0.1, 0.15) is 11.6 Å². The summed E-state index contributed by atoms with van der Waals surface area (Å²) in [5, 5.41) is 9.08. The lowest BCUT2D eigenvalue weighted by Crippen LogP contribution is -2.37. The maximum absolute atomic E-state index is 13.8. The molecular formula is C14H16ClF2NO2. The van der Waals surface area contributed by atoms with E-state index in [0.29, 0.717) is 13.0 Å². The topological polar surface area (TPSA) is 40.5 Å². The highest BCUT2D eigenvalue weighted by Gasteiger charge is 2.31. The number of rotatable bonds is 3. The van der Waals surface area contributed by atoms with E-state index in [-0.39, 0.29) is 16.6 Å². The van der Waals surface area contributed by atoms with E-state index in [2.05, 4.69) is 0 Å². The molecule has 1 aromatic carbocycles. The molecule has 110 valence electrons. The van der Waals surface area contributed by atoms with Crippen LogP contribution in [0.3, 0.4) is 0 Å². The molecule has 0 saturated carbocycles. The van der Waals surface area contributed by atoms with Gasteiger partial charge in [-0.3, -0.25) is 4.79 Å². The van der Waals surface area contributed by atoms with Crippen molar-refractivity contribution in [3.63, 3.8) is 0 Å². The van der Waals surface area contributed by atoms with E-state index < -0.39 is 23.6 Å². The highest BCUT2D eigenvalue weighted by Crippen LogP contribution is 2.26. The van der Waals surface area contributed by atoms with Crippen LogP contribution in [0.2, 0.25) is 5.02 Å². The van der Waals surface area contributed by atoms with Crippen molar-refractivity contribution >= 4 is 17.5 Å². The molecule has 0 bridgehead atoms. The van der Waals surface area contributed by atoms with E-state index in [4.69, 9.17) is 11.6 Å². The monoisotopic (exact) mass is 303 g/mol. The van der Waals surface area contributed by atoms with Crippen molar-refractivity contribution in [2.24, 2.45) is 0 Å². The molecule has 1 saturated heterocycles. The van der Waals surface area contributed by atoms with E-state index in [1.165, 1.54) is 4.90 Å². The summed E-state index contributed by atoms with van der Waals surface area (Å²) in [4.78, 5) is 13.8. The van der Waals surface area contributed by atoms with Crippen molar-refractivity contribution in [1.82, 2.24) is 4.90 Å². The number of carbonyl (C=O) groups excluding carboxylic acids is 1. The second-order valence-corrected chi connectivity index (χ2v) is 5.53. The number of benzene rings is 1. The zero-order valence-corrected chi connectivity index (χ0v) is 11.8. The first-order chi connectivity index (χ1) is 9.40. The minimum absolute atomic E-state index is 0.138. The molecule has 1 N–H and O–H groups in total. The first kappa shape index (κ1) is 15.2. The Morgan fingerprint density at radius 2 is 2.20 bits per heavy atom. The van der Waals surface area contributed by atoms with Gasteiger partial charge in [0.15, 0.2) is 0 Å². The van der Waals surface area contributed by atoms with Gasteiger partial charge in [-0.05, 0) is 38.3 Å². The van der Waals surface area contributed by atoms with Crippen molar-refractivity contribution in [1.29, 1.82) is 0 Å². The summed E-state index contributed by atoms with van der Waals surface area (Å²) in [5.74, 6) is -2.20. The van der Waals surface area contributed by atoms with Gasteiger partial charge in [0.2, 0.25) is 0 Å². The average molecular weight is 304 g/mol. The van der Waals surface area contributed by atoms with Crippen LogP contribution in [-0.4, -0.2) is 34.6 Å². The Kier molecular flexibility index (Phi) is 4.60. The van der Waals surface area contributed by atoms with E-state index in [1.54, 1.807) is 6.92 Å². The third-order valence-corrected chi connectivity index (χ3v) is 3.78. The van der Waals surface area contributed by atoms with Crippen molar-refractivity contribution in [2.75, 3.05) is 6.54 Å². The van der Waals surface area contributed by atoms with E-state index in [9.17, 15) is 18.7 Å². The Morgan fingerprint density at radius 1 is 1.50 bits per heavy atom.